The topological polar surface area (TPSA) is 82.3 Å². The SMILES string of the molecule is COc1ccc(CS(=O)(=O)c2nnc(-c3ccc(Cl)cc3Cl)o2)cc1. The number of aromatic nitrogens is 2. The Hall–Kier alpha value is -2.09. The van der Waals surface area contributed by atoms with E-state index in [4.69, 9.17) is 32.4 Å². The minimum atomic E-state index is -3.79. The zero-order valence-corrected chi connectivity index (χ0v) is 15.3. The maximum Gasteiger partial charge on any atom is 0.336 e. The highest BCUT2D eigenvalue weighted by molar-refractivity contribution is 7.90. The summed E-state index contributed by atoms with van der Waals surface area (Å²) in [7, 11) is -2.26. The molecule has 0 fully saturated rings. The van der Waals surface area contributed by atoms with Gasteiger partial charge in [-0.25, -0.2) is 8.42 Å². The molecule has 1 aromatic heterocycles. The fraction of sp³-hybridized carbons (Fsp3) is 0.125. The van der Waals surface area contributed by atoms with Crippen LogP contribution in [0.4, 0.5) is 0 Å². The van der Waals surface area contributed by atoms with Gasteiger partial charge >= 0.3 is 5.22 Å². The number of halogens is 2. The van der Waals surface area contributed by atoms with E-state index >= 15 is 0 Å². The zero-order chi connectivity index (χ0) is 18.0. The average Bonchev–Trinajstić information content (AvgIpc) is 3.06. The molecule has 0 atom stereocenters. The average molecular weight is 399 g/mol. The summed E-state index contributed by atoms with van der Waals surface area (Å²) in [6.07, 6.45) is 0. The summed E-state index contributed by atoms with van der Waals surface area (Å²) >= 11 is 11.9. The van der Waals surface area contributed by atoms with Gasteiger partial charge in [0.05, 0.1) is 23.4 Å². The van der Waals surface area contributed by atoms with Gasteiger partial charge in [-0.3, -0.25) is 0 Å². The van der Waals surface area contributed by atoms with E-state index in [0.29, 0.717) is 21.9 Å². The Labute approximate surface area is 154 Å². The molecule has 0 aliphatic rings. The number of sulfone groups is 1. The van der Waals surface area contributed by atoms with E-state index in [2.05, 4.69) is 10.2 Å². The Balaban J connectivity index is 1.87. The Kier molecular flexibility index (Phi) is 4.99. The molecule has 3 aromatic rings. The van der Waals surface area contributed by atoms with Crippen LogP contribution >= 0.6 is 23.2 Å². The lowest BCUT2D eigenvalue weighted by Gasteiger charge is -2.03. The van der Waals surface area contributed by atoms with Crippen LogP contribution in [0.15, 0.2) is 52.1 Å². The number of benzene rings is 2. The summed E-state index contributed by atoms with van der Waals surface area (Å²) in [6.45, 7) is 0. The van der Waals surface area contributed by atoms with Crippen molar-refractivity contribution in [2.24, 2.45) is 0 Å². The molecule has 0 saturated heterocycles. The molecule has 0 amide bonds. The van der Waals surface area contributed by atoms with E-state index in [1.807, 2.05) is 0 Å². The molecule has 0 aliphatic heterocycles. The molecule has 0 N–H and O–H groups in total. The summed E-state index contributed by atoms with van der Waals surface area (Å²) in [5.74, 6) is 0.376. The number of ether oxygens (including phenoxy) is 1. The van der Waals surface area contributed by atoms with Crippen molar-refractivity contribution < 1.29 is 17.6 Å². The van der Waals surface area contributed by atoms with Crippen LogP contribution in [-0.2, 0) is 15.6 Å². The van der Waals surface area contributed by atoms with Crippen LogP contribution < -0.4 is 4.74 Å². The fourth-order valence-corrected chi connectivity index (χ4v) is 3.73. The largest absolute Gasteiger partial charge is 0.497 e. The monoisotopic (exact) mass is 398 g/mol. The molecule has 0 saturated carbocycles. The van der Waals surface area contributed by atoms with Crippen LogP contribution in [0.3, 0.4) is 0 Å². The summed E-state index contributed by atoms with van der Waals surface area (Å²) in [5.41, 5.74) is 0.981. The smallest absolute Gasteiger partial charge is 0.336 e. The second-order valence-corrected chi connectivity index (χ2v) is 7.82. The number of methoxy groups -OCH3 is 1. The van der Waals surface area contributed by atoms with Crippen LogP contribution in [0.25, 0.3) is 11.5 Å². The second-order valence-electron chi connectivity index (χ2n) is 5.10. The highest BCUT2D eigenvalue weighted by atomic mass is 35.5. The molecule has 3 rings (SSSR count). The Morgan fingerprint density at radius 3 is 2.44 bits per heavy atom. The van der Waals surface area contributed by atoms with Crippen molar-refractivity contribution in [3.63, 3.8) is 0 Å². The van der Waals surface area contributed by atoms with Gasteiger partial charge in [0.25, 0.3) is 0 Å². The molecule has 2 aromatic carbocycles. The molecule has 0 aliphatic carbocycles. The number of hydrogen-bond donors (Lipinski definition) is 0. The first kappa shape index (κ1) is 17.7. The van der Waals surface area contributed by atoms with Crippen molar-refractivity contribution >= 4 is 33.0 Å². The predicted molar refractivity (Wildman–Crippen MR) is 93.6 cm³/mol. The zero-order valence-electron chi connectivity index (χ0n) is 12.9. The molecule has 6 nitrogen and oxygen atoms in total. The van der Waals surface area contributed by atoms with Crippen molar-refractivity contribution in [2.75, 3.05) is 7.11 Å². The summed E-state index contributed by atoms with van der Waals surface area (Å²) in [6, 6.07) is 11.4. The van der Waals surface area contributed by atoms with E-state index in [-0.39, 0.29) is 16.7 Å². The number of rotatable bonds is 5. The van der Waals surface area contributed by atoms with Crippen LogP contribution in [0.2, 0.25) is 10.0 Å². The van der Waals surface area contributed by atoms with Crippen molar-refractivity contribution in [1.29, 1.82) is 0 Å². The van der Waals surface area contributed by atoms with Gasteiger partial charge in [0.2, 0.25) is 15.7 Å². The number of hydrogen-bond acceptors (Lipinski definition) is 6. The third-order valence-corrected chi connectivity index (χ3v) is 5.31. The van der Waals surface area contributed by atoms with Gasteiger partial charge in [0.15, 0.2) is 0 Å². The van der Waals surface area contributed by atoms with Crippen LogP contribution in [0.1, 0.15) is 5.56 Å². The maximum atomic E-state index is 12.5. The molecule has 0 bridgehead atoms. The van der Waals surface area contributed by atoms with Crippen LogP contribution in [0, 0.1) is 0 Å². The van der Waals surface area contributed by atoms with Gasteiger partial charge in [-0.2, -0.15) is 0 Å². The lowest BCUT2D eigenvalue weighted by Crippen LogP contribution is -2.05. The summed E-state index contributed by atoms with van der Waals surface area (Å²) in [5, 5.41) is 7.67. The highest BCUT2D eigenvalue weighted by Crippen LogP contribution is 2.30. The van der Waals surface area contributed by atoms with Gasteiger partial charge in [0, 0.05) is 5.02 Å². The lowest BCUT2D eigenvalue weighted by atomic mass is 10.2. The van der Waals surface area contributed by atoms with E-state index < -0.39 is 15.1 Å². The standard InChI is InChI=1S/C16H12Cl2N2O4S/c1-23-12-5-2-10(3-6-12)9-25(21,22)16-20-19-15(24-16)13-7-4-11(17)8-14(13)18/h2-8H,9H2,1H3. The van der Waals surface area contributed by atoms with E-state index in [0.717, 1.165) is 0 Å². The molecule has 0 radical (unpaired) electrons. The Morgan fingerprint density at radius 1 is 1.08 bits per heavy atom. The minimum absolute atomic E-state index is 0.00923. The van der Waals surface area contributed by atoms with E-state index in [1.165, 1.54) is 13.2 Å². The highest BCUT2D eigenvalue weighted by Gasteiger charge is 2.24. The maximum absolute atomic E-state index is 12.5. The fourth-order valence-electron chi connectivity index (χ4n) is 2.11. The summed E-state index contributed by atoms with van der Waals surface area (Å²) in [4.78, 5) is 0. The van der Waals surface area contributed by atoms with E-state index in [9.17, 15) is 8.42 Å². The van der Waals surface area contributed by atoms with Gasteiger partial charge < -0.3 is 9.15 Å². The van der Waals surface area contributed by atoms with Crippen molar-refractivity contribution in [2.45, 2.75) is 11.0 Å². The minimum Gasteiger partial charge on any atom is -0.497 e. The molecular formula is C16H12Cl2N2O4S. The van der Waals surface area contributed by atoms with Crippen LogP contribution in [0.5, 0.6) is 5.75 Å². The quantitative estimate of drug-likeness (QED) is 0.645. The second kappa shape index (κ2) is 7.03. The molecule has 25 heavy (non-hydrogen) atoms. The first-order valence-electron chi connectivity index (χ1n) is 7.03. The predicted octanol–water partition coefficient (Wildman–Crippen LogP) is 4.03. The van der Waals surface area contributed by atoms with Gasteiger partial charge in [0.1, 0.15) is 5.75 Å². The van der Waals surface area contributed by atoms with Gasteiger partial charge in [-0.1, -0.05) is 40.4 Å². The van der Waals surface area contributed by atoms with E-state index in [1.54, 1.807) is 36.4 Å². The molecule has 0 spiro atoms. The van der Waals surface area contributed by atoms with Crippen molar-refractivity contribution in [3.8, 4) is 17.2 Å². The molecule has 1 heterocycles. The van der Waals surface area contributed by atoms with Gasteiger partial charge in [-0.05, 0) is 35.9 Å². The van der Waals surface area contributed by atoms with Crippen molar-refractivity contribution in [3.05, 3.63) is 58.1 Å². The first-order chi connectivity index (χ1) is 11.9. The summed E-state index contributed by atoms with van der Waals surface area (Å²) < 4.78 is 35.3. The third-order valence-electron chi connectivity index (χ3n) is 3.35. The van der Waals surface area contributed by atoms with Crippen LogP contribution in [-0.4, -0.2) is 25.7 Å². The molecule has 130 valence electrons. The van der Waals surface area contributed by atoms with Gasteiger partial charge in [-0.15, -0.1) is 5.10 Å². The number of nitrogens with zero attached hydrogens (tertiary/aromatic N) is 2. The lowest BCUT2D eigenvalue weighted by molar-refractivity contribution is 0.414. The normalized spacial score (nSPS) is 11.5. The molecule has 9 heteroatoms. The molecule has 0 unspecified atom stereocenters. The van der Waals surface area contributed by atoms with Crippen molar-refractivity contribution in [1.82, 2.24) is 10.2 Å². The molecular weight excluding hydrogens is 387 g/mol. The Bertz CT molecular complexity index is 1000. The Morgan fingerprint density at radius 2 is 1.80 bits per heavy atom. The third kappa shape index (κ3) is 3.95. The first-order valence-corrected chi connectivity index (χ1v) is 9.44.